The van der Waals surface area contributed by atoms with Gasteiger partial charge >= 0.3 is 5.97 Å². The molecular formula is C12H22N2O2. The van der Waals surface area contributed by atoms with Crippen molar-refractivity contribution in [2.24, 2.45) is 5.41 Å². The second-order valence-corrected chi connectivity index (χ2v) is 6.11. The van der Waals surface area contributed by atoms with E-state index in [0.29, 0.717) is 5.41 Å². The number of carbonyl (C=O) groups is 1. The quantitative estimate of drug-likeness (QED) is 0.645. The molecule has 1 atom stereocenters. The summed E-state index contributed by atoms with van der Waals surface area (Å²) in [5.41, 5.74) is 0.0322. The van der Waals surface area contributed by atoms with E-state index in [4.69, 9.17) is 4.74 Å². The van der Waals surface area contributed by atoms with E-state index < -0.39 is 0 Å². The average Bonchev–Trinajstić information content (AvgIpc) is 2.13. The van der Waals surface area contributed by atoms with Crippen molar-refractivity contribution in [2.45, 2.75) is 45.3 Å². The Morgan fingerprint density at radius 3 is 2.38 bits per heavy atom. The van der Waals surface area contributed by atoms with Crippen LogP contribution in [-0.2, 0) is 9.53 Å². The zero-order chi connectivity index (χ0) is 11.8. The summed E-state index contributed by atoms with van der Waals surface area (Å²) in [6.07, 6.45) is 2.02. The number of piperidine rings is 1. The second-order valence-electron chi connectivity index (χ2n) is 6.11. The number of carbonyl (C=O) groups excluding carboxylic acids is 1. The molecule has 0 radical (unpaired) electrons. The first-order valence-corrected chi connectivity index (χ1v) is 6.07. The van der Waals surface area contributed by atoms with Gasteiger partial charge in [-0.3, -0.25) is 4.79 Å². The Balaban J connectivity index is 1.82. The zero-order valence-corrected chi connectivity index (χ0v) is 10.4. The van der Waals surface area contributed by atoms with Crippen LogP contribution in [0.3, 0.4) is 0 Å². The normalized spacial score (nSPS) is 28.6. The third-order valence-corrected chi connectivity index (χ3v) is 3.38. The van der Waals surface area contributed by atoms with Gasteiger partial charge in [0.15, 0.2) is 0 Å². The van der Waals surface area contributed by atoms with Crippen molar-refractivity contribution >= 4 is 5.97 Å². The van der Waals surface area contributed by atoms with Crippen LogP contribution in [0.25, 0.3) is 0 Å². The number of rotatable bonds is 1. The second kappa shape index (κ2) is 4.00. The minimum absolute atomic E-state index is 0.102. The lowest BCUT2D eigenvalue weighted by Crippen LogP contribution is -2.63. The fourth-order valence-electron chi connectivity index (χ4n) is 2.34. The maximum Gasteiger partial charge on any atom is 0.323 e. The van der Waals surface area contributed by atoms with Gasteiger partial charge in [-0.05, 0) is 33.6 Å². The van der Waals surface area contributed by atoms with E-state index >= 15 is 0 Å². The van der Waals surface area contributed by atoms with Crippen molar-refractivity contribution in [1.29, 1.82) is 0 Å². The van der Waals surface area contributed by atoms with Gasteiger partial charge in [-0.2, -0.15) is 0 Å². The molecule has 2 N–H and O–H groups in total. The van der Waals surface area contributed by atoms with Gasteiger partial charge in [0.05, 0.1) is 0 Å². The first-order valence-electron chi connectivity index (χ1n) is 6.07. The minimum Gasteiger partial charge on any atom is -0.459 e. The van der Waals surface area contributed by atoms with Crippen molar-refractivity contribution in [3.05, 3.63) is 0 Å². The molecule has 0 aliphatic carbocycles. The van der Waals surface area contributed by atoms with Crippen LogP contribution >= 0.6 is 0 Å². The zero-order valence-electron chi connectivity index (χ0n) is 10.4. The fraction of sp³-hybridized carbons (Fsp3) is 0.917. The molecule has 92 valence electrons. The number of nitrogens with one attached hydrogen (secondary N) is 2. The molecule has 1 unspecified atom stereocenters. The first-order chi connectivity index (χ1) is 7.40. The highest BCUT2D eigenvalue weighted by atomic mass is 16.6. The molecule has 2 rings (SSSR count). The van der Waals surface area contributed by atoms with Gasteiger partial charge in [0.1, 0.15) is 11.6 Å². The highest BCUT2D eigenvalue weighted by molar-refractivity contribution is 5.76. The van der Waals surface area contributed by atoms with Gasteiger partial charge in [-0.25, -0.2) is 0 Å². The number of ether oxygens (including phenoxy) is 1. The van der Waals surface area contributed by atoms with Crippen LogP contribution in [0.4, 0.5) is 0 Å². The summed E-state index contributed by atoms with van der Waals surface area (Å²) >= 11 is 0. The van der Waals surface area contributed by atoms with Crippen molar-refractivity contribution in [1.82, 2.24) is 10.6 Å². The Labute approximate surface area is 97.1 Å². The molecular weight excluding hydrogens is 204 g/mol. The number of hydrogen-bond acceptors (Lipinski definition) is 4. The monoisotopic (exact) mass is 226 g/mol. The van der Waals surface area contributed by atoms with Crippen molar-refractivity contribution in [2.75, 3.05) is 19.6 Å². The van der Waals surface area contributed by atoms with Crippen LogP contribution in [-0.4, -0.2) is 37.2 Å². The lowest BCUT2D eigenvalue weighted by atomic mass is 9.74. The van der Waals surface area contributed by atoms with E-state index in [1.165, 1.54) is 0 Å². The Bertz CT molecular complexity index is 269. The van der Waals surface area contributed by atoms with Crippen LogP contribution < -0.4 is 10.6 Å². The van der Waals surface area contributed by atoms with E-state index in [2.05, 4.69) is 10.6 Å². The molecule has 4 heteroatoms. The summed E-state index contributed by atoms with van der Waals surface area (Å²) in [5.74, 6) is -0.102. The van der Waals surface area contributed by atoms with Crippen molar-refractivity contribution in [3.63, 3.8) is 0 Å². The summed E-state index contributed by atoms with van der Waals surface area (Å²) in [6.45, 7) is 8.83. The van der Waals surface area contributed by atoms with E-state index in [1.54, 1.807) is 0 Å². The van der Waals surface area contributed by atoms with E-state index in [9.17, 15) is 4.79 Å². The number of esters is 1. The van der Waals surface area contributed by atoms with Gasteiger partial charge < -0.3 is 15.4 Å². The lowest BCUT2D eigenvalue weighted by Gasteiger charge is -2.47. The number of hydrogen-bond donors (Lipinski definition) is 2. The molecule has 2 heterocycles. The fourth-order valence-corrected chi connectivity index (χ4v) is 2.34. The largest absolute Gasteiger partial charge is 0.459 e. The van der Waals surface area contributed by atoms with Gasteiger partial charge in [-0.15, -0.1) is 0 Å². The molecule has 4 nitrogen and oxygen atoms in total. The maximum atomic E-state index is 11.8. The molecule has 2 saturated heterocycles. The third-order valence-electron chi connectivity index (χ3n) is 3.38. The van der Waals surface area contributed by atoms with Crippen molar-refractivity contribution < 1.29 is 9.53 Å². The van der Waals surface area contributed by atoms with Gasteiger partial charge in [0.25, 0.3) is 0 Å². The highest BCUT2D eigenvalue weighted by Crippen LogP contribution is 2.32. The van der Waals surface area contributed by atoms with Gasteiger partial charge in [-0.1, -0.05) is 0 Å². The van der Waals surface area contributed by atoms with Gasteiger partial charge in [0.2, 0.25) is 0 Å². The Morgan fingerprint density at radius 2 is 2.00 bits per heavy atom. The van der Waals surface area contributed by atoms with Crippen LogP contribution in [0, 0.1) is 5.41 Å². The van der Waals surface area contributed by atoms with Crippen LogP contribution in [0.5, 0.6) is 0 Å². The summed E-state index contributed by atoms with van der Waals surface area (Å²) in [5, 5.41) is 6.62. The SMILES string of the molecule is CC(C)(C)OC(=O)C1CCC2(CNC2)CN1. The van der Waals surface area contributed by atoms with Crippen LogP contribution in [0.1, 0.15) is 33.6 Å². The van der Waals surface area contributed by atoms with E-state index in [-0.39, 0.29) is 17.6 Å². The first kappa shape index (κ1) is 11.9. The molecule has 0 aromatic heterocycles. The average molecular weight is 226 g/mol. The van der Waals surface area contributed by atoms with Crippen molar-refractivity contribution in [3.8, 4) is 0 Å². The summed E-state index contributed by atoms with van der Waals surface area (Å²) in [4.78, 5) is 11.8. The lowest BCUT2D eigenvalue weighted by molar-refractivity contribution is -0.159. The Kier molecular flexibility index (Phi) is 2.97. The molecule has 0 bridgehead atoms. The third kappa shape index (κ3) is 2.55. The van der Waals surface area contributed by atoms with Crippen LogP contribution in [0.2, 0.25) is 0 Å². The summed E-state index contributed by atoms with van der Waals surface area (Å²) < 4.78 is 5.38. The van der Waals surface area contributed by atoms with Crippen LogP contribution in [0.15, 0.2) is 0 Å². The summed E-state index contributed by atoms with van der Waals surface area (Å²) in [6, 6.07) is -0.106. The highest BCUT2D eigenvalue weighted by Gasteiger charge is 2.42. The van der Waals surface area contributed by atoms with Gasteiger partial charge in [0, 0.05) is 25.0 Å². The van der Waals surface area contributed by atoms with E-state index in [1.807, 2.05) is 20.8 Å². The smallest absolute Gasteiger partial charge is 0.323 e. The molecule has 16 heavy (non-hydrogen) atoms. The molecule has 0 aromatic rings. The topological polar surface area (TPSA) is 50.4 Å². The molecule has 2 aliphatic heterocycles. The molecule has 0 amide bonds. The standard InChI is InChI=1S/C12H22N2O2/c1-11(2,3)16-10(15)9-4-5-12(8-14-9)6-13-7-12/h9,13-14H,4-8H2,1-3H3. The molecule has 0 aromatic carbocycles. The van der Waals surface area contributed by atoms with E-state index in [0.717, 1.165) is 32.5 Å². The predicted octanol–water partition coefficient (Wildman–Crippen LogP) is 0.670. The predicted molar refractivity (Wildman–Crippen MR) is 62.2 cm³/mol. The minimum atomic E-state index is -0.383. The molecule has 0 saturated carbocycles. The molecule has 2 aliphatic rings. The maximum absolute atomic E-state index is 11.8. The molecule has 2 fully saturated rings. The Hall–Kier alpha value is -0.610. The molecule has 1 spiro atoms. The Morgan fingerprint density at radius 1 is 1.31 bits per heavy atom. The summed E-state index contributed by atoms with van der Waals surface area (Å²) in [7, 11) is 0.